The predicted octanol–water partition coefficient (Wildman–Crippen LogP) is 1.64. The van der Waals surface area contributed by atoms with Crippen LogP contribution in [0.3, 0.4) is 0 Å². The Bertz CT molecular complexity index is 512. The Labute approximate surface area is 121 Å². The third-order valence-electron chi connectivity index (χ3n) is 3.07. The summed E-state index contributed by atoms with van der Waals surface area (Å²) in [6, 6.07) is 4.83. The highest BCUT2D eigenvalue weighted by Crippen LogP contribution is 2.22. The molecule has 1 aliphatic rings. The van der Waals surface area contributed by atoms with Crippen molar-refractivity contribution in [3.63, 3.8) is 0 Å². The number of nitrogens with zero attached hydrogens (tertiary/aromatic N) is 2. The van der Waals surface area contributed by atoms with Crippen LogP contribution in [0.25, 0.3) is 0 Å². The molecule has 2 rings (SSSR count). The highest BCUT2D eigenvalue weighted by atomic mass is 35.5. The summed E-state index contributed by atoms with van der Waals surface area (Å²) in [7, 11) is 0. The number of benzene rings is 1. The van der Waals surface area contributed by atoms with Gasteiger partial charge < -0.3 is 15.5 Å². The van der Waals surface area contributed by atoms with Crippen molar-refractivity contribution >= 4 is 35.1 Å². The van der Waals surface area contributed by atoms with Crippen LogP contribution < -0.4 is 5.73 Å². The number of hydrogen-bond donors (Lipinski definition) is 2. The van der Waals surface area contributed by atoms with Crippen molar-refractivity contribution in [1.82, 2.24) is 9.80 Å². The molecule has 0 spiro atoms. The van der Waals surface area contributed by atoms with Gasteiger partial charge in [-0.25, -0.2) is 0 Å². The fourth-order valence-corrected chi connectivity index (χ4v) is 2.47. The molecule has 0 aliphatic carbocycles. The van der Waals surface area contributed by atoms with E-state index in [-0.39, 0.29) is 11.9 Å². The molecule has 0 radical (unpaired) electrons. The number of guanidine groups is 1. The van der Waals surface area contributed by atoms with Crippen LogP contribution in [0.15, 0.2) is 18.2 Å². The van der Waals surface area contributed by atoms with Gasteiger partial charge in [-0.15, -0.1) is 0 Å². The number of halogens is 2. The first-order valence-corrected chi connectivity index (χ1v) is 6.58. The maximum absolute atomic E-state index is 12.3. The summed E-state index contributed by atoms with van der Waals surface area (Å²) in [5, 5.41) is 8.20. The van der Waals surface area contributed by atoms with Crippen molar-refractivity contribution in [3.05, 3.63) is 33.8 Å². The fourth-order valence-electron chi connectivity index (χ4n) is 1.98. The second-order valence-corrected chi connectivity index (χ2v) is 5.13. The first-order valence-electron chi connectivity index (χ1n) is 5.82. The highest BCUT2D eigenvalue weighted by Gasteiger charge is 2.23. The summed E-state index contributed by atoms with van der Waals surface area (Å²) in [4.78, 5) is 15.7. The Kier molecular flexibility index (Phi) is 4.17. The Balaban J connectivity index is 2.07. The summed E-state index contributed by atoms with van der Waals surface area (Å²) in [5.74, 6) is -0.0820. The SMILES string of the molecule is N=C(N)N1CCN(C(=O)c2ccc(Cl)cc2Cl)CC1. The van der Waals surface area contributed by atoms with Crippen molar-refractivity contribution in [2.45, 2.75) is 0 Å². The molecule has 0 aromatic heterocycles. The van der Waals surface area contributed by atoms with Crippen LogP contribution in [0.1, 0.15) is 10.4 Å². The quantitative estimate of drug-likeness (QED) is 0.612. The van der Waals surface area contributed by atoms with E-state index < -0.39 is 0 Å². The molecule has 0 saturated carbocycles. The largest absolute Gasteiger partial charge is 0.370 e. The Morgan fingerprint density at radius 1 is 1.16 bits per heavy atom. The average molecular weight is 301 g/mol. The molecule has 1 amide bonds. The predicted molar refractivity (Wildman–Crippen MR) is 75.9 cm³/mol. The van der Waals surface area contributed by atoms with Crippen LogP contribution in [0, 0.1) is 5.41 Å². The lowest BCUT2D eigenvalue weighted by Gasteiger charge is -2.35. The normalized spacial score (nSPS) is 15.5. The minimum absolute atomic E-state index is 0.0385. The Morgan fingerprint density at radius 2 is 1.74 bits per heavy atom. The number of rotatable bonds is 1. The minimum Gasteiger partial charge on any atom is -0.370 e. The van der Waals surface area contributed by atoms with E-state index in [9.17, 15) is 4.79 Å². The zero-order chi connectivity index (χ0) is 14.0. The molecular formula is C12H14Cl2N4O. The molecule has 102 valence electrons. The minimum atomic E-state index is -0.120. The van der Waals surface area contributed by atoms with E-state index in [0.29, 0.717) is 41.8 Å². The number of nitrogens with one attached hydrogen (secondary N) is 1. The Hall–Kier alpha value is -1.46. The van der Waals surface area contributed by atoms with E-state index in [1.54, 1.807) is 28.0 Å². The van der Waals surface area contributed by atoms with Gasteiger partial charge >= 0.3 is 0 Å². The molecule has 5 nitrogen and oxygen atoms in total. The highest BCUT2D eigenvalue weighted by molar-refractivity contribution is 6.36. The molecule has 19 heavy (non-hydrogen) atoms. The van der Waals surface area contributed by atoms with Gasteiger partial charge in [0.1, 0.15) is 0 Å². The average Bonchev–Trinajstić information content (AvgIpc) is 2.38. The second-order valence-electron chi connectivity index (χ2n) is 4.29. The summed E-state index contributed by atoms with van der Waals surface area (Å²) >= 11 is 11.8. The topological polar surface area (TPSA) is 73.4 Å². The summed E-state index contributed by atoms with van der Waals surface area (Å²) in [5.41, 5.74) is 5.86. The summed E-state index contributed by atoms with van der Waals surface area (Å²) in [6.45, 7) is 2.17. The molecule has 3 N–H and O–H groups in total. The van der Waals surface area contributed by atoms with Gasteiger partial charge in [0.25, 0.3) is 5.91 Å². The third-order valence-corrected chi connectivity index (χ3v) is 3.62. The van der Waals surface area contributed by atoms with Crippen LogP contribution in [0.2, 0.25) is 10.0 Å². The molecule has 1 aromatic rings. The van der Waals surface area contributed by atoms with Gasteiger partial charge in [0, 0.05) is 31.2 Å². The fraction of sp³-hybridized carbons (Fsp3) is 0.333. The van der Waals surface area contributed by atoms with Crippen LogP contribution in [0.4, 0.5) is 0 Å². The summed E-state index contributed by atoms with van der Waals surface area (Å²) < 4.78 is 0. The van der Waals surface area contributed by atoms with Crippen LogP contribution in [-0.2, 0) is 0 Å². The third kappa shape index (κ3) is 3.11. The molecule has 1 saturated heterocycles. The molecule has 0 atom stereocenters. The number of carbonyl (C=O) groups is 1. The lowest BCUT2D eigenvalue weighted by atomic mass is 10.2. The maximum Gasteiger partial charge on any atom is 0.255 e. The van der Waals surface area contributed by atoms with Gasteiger partial charge in [0.15, 0.2) is 5.96 Å². The van der Waals surface area contributed by atoms with Crippen LogP contribution in [-0.4, -0.2) is 47.8 Å². The summed E-state index contributed by atoms with van der Waals surface area (Å²) in [6.07, 6.45) is 0. The number of piperazine rings is 1. The molecule has 1 heterocycles. The number of amides is 1. The smallest absolute Gasteiger partial charge is 0.255 e. The van der Waals surface area contributed by atoms with Gasteiger partial charge in [-0.2, -0.15) is 0 Å². The van der Waals surface area contributed by atoms with E-state index >= 15 is 0 Å². The lowest BCUT2D eigenvalue weighted by Crippen LogP contribution is -2.52. The van der Waals surface area contributed by atoms with Gasteiger partial charge in [-0.3, -0.25) is 10.2 Å². The van der Waals surface area contributed by atoms with E-state index in [1.807, 2.05) is 0 Å². The number of hydrogen-bond acceptors (Lipinski definition) is 2. The van der Waals surface area contributed by atoms with E-state index in [2.05, 4.69) is 0 Å². The van der Waals surface area contributed by atoms with Crippen molar-refractivity contribution in [1.29, 1.82) is 5.41 Å². The first-order chi connectivity index (χ1) is 8.99. The molecular weight excluding hydrogens is 287 g/mol. The van der Waals surface area contributed by atoms with Crippen molar-refractivity contribution in [2.75, 3.05) is 26.2 Å². The van der Waals surface area contributed by atoms with Crippen molar-refractivity contribution in [2.24, 2.45) is 5.73 Å². The van der Waals surface area contributed by atoms with Gasteiger partial charge in [-0.05, 0) is 18.2 Å². The molecule has 1 aliphatic heterocycles. The molecule has 1 aromatic carbocycles. The van der Waals surface area contributed by atoms with Crippen LogP contribution in [0.5, 0.6) is 0 Å². The number of nitrogens with two attached hydrogens (primary N) is 1. The zero-order valence-corrected chi connectivity index (χ0v) is 11.7. The maximum atomic E-state index is 12.3. The number of carbonyl (C=O) groups excluding carboxylic acids is 1. The van der Waals surface area contributed by atoms with E-state index in [0.717, 1.165) is 0 Å². The van der Waals surface area contributed by atoms with E-state index in [1.165, 1.54) is 0 Å². The molecule has 1 fully saturated rings. The van der Waals surface area contributed by atoms with E-state index in [4.69, 9.17) is 34.3 Å². The molecule has 0 bridgehead atoms. The molecule has 7 heteroatoms. The van der Waals surface area contributed by atoms with Gasteiger partial charge in [0.2, 0.25) is 0 Å². The standard InChI is InChI=1S/C12H14Cl2N4O/c13-8-1-2-9(10(14)7-8)11(19)17-3-5-18(6-4-17)12(15)16/h1-2,7H,3-6H2,(H3,15,16). The van der Waals surface area contributed by atoms with Crippen LogP contribution >= 0.6 is 23.2 Å². The lowest BCUT2D eigenvalue weighted by molar-refractivity contribution is 0.0690. The van der Waals surface area contributed by atoms with Crippen molar-refractivity contribution < 1.29 is 4.79 Å². The van der Waals surface area contributed by atoms with Gasteiger partial charge in [-0.1, -0.05) is 23.2 Å². The first kappa shape index (κ1) is 14.0. The van der Waals surface area contributed by atoms with Gasteiger partial charge in [0.05, 0.1) is 10.6 Å². The Morgan fingerprint density at radius 3 is 2.26 bits per heavy atom. The second kappa shape index (κ2) is 5.67. The zero-order valence-electron chi connectivity index (χ0n) is 10.2. The molecule has 0 unspecified atom stereocenters. The monoisotopic (exact) mass is 300 g/mol. The van der Waals surface area contributed by atoms with Crippen molar-refractivity contribution in [3.8, 4) is 0 Å².